The summed E-state index contributed by atoms with van der Waals surface area (Å²) in [4.78, 5) is 3.42. The average Bonchev–Trinajstić information content (AvgIpc) is 2.58. The molecule has 22 heavy (non-hydrogen) atoms. The van der Waals surface area contributed by atoms with Crippen LogP contribution in [0.5, 0.6) is 0 Å². The molecule has 0 bridgehead atoms. The fourth-order valence-electron chi connectivity index (χ4n) is 2.41. The highest BCUT2D eigenvalue weighted by molar-refractivity contribution is 6.31. The summed E-state index contributed by atoms with van der Waals surface area (Å²) in [5.74, 6) is 0.777. The lowest BCUT2D eigenvalue weighted by Crippen LogP contribution is -3.00. The fraction of sp³-hybridized carbons (Fsp3) is 0.125. The Kier molecular flexibility index (Phi) is 6.42. The Morgan fingerprint density at radius 3 is 2.45 bits per heavy atom. The van der Waals surface area contributed by atoms with Crippen molar-refractivity contribution >= 4 is 28.8 Å². The van der Waals surface area contributed by atoms with Gasteiger partial charge in [-0.3, -0.25) is 5.73 Å². The van der Waals surface area contributed by atoms with E-state index in [9.17, 15) is 0 Å². The van der Waals surface area contributed by atoms with Crippen LogP contribution in [0.2, 0.25) is 5.02 Å². The van der Waals surface area contributed by atoms with Crippen molar-refractivity contribution in [3.05, 3.63) is 64.7 Å². The van der Waals surface area contributed by atoms with E-state index in [0.29, 0.717) is 11.6 Å². The minimum atomic E-state index is 0. The molecule has 0 fully saturated rings. The third-order valence-corrected chi connectivity index (χ3v) is 3.76. The van der Waals surface area contributed by atoms with Gasteiger partial charge in [-0.15, -0.1) is 0 Å². The molecule has 0 amide bonds. The highest BCUT2D eigenvalue weighted by Gasteiger charge is 2.25. The summed E-state index contributed by atoms with van der Waals surface area (Å²) in [5, 5.41) is 0.716. The molecule has 1 aliphatic rings. The first-order valence-electron chi connectivity index (χ1n) is 6.48. The topological polar surface area (TPSA) is 43.0 Å². The van der Waals surface area contributed by atoms with Crippen molar-refractivity contribution in [3.8, 4) is 0 Å². The van der Waals surface area contributed by atoms with Crippen molar-refractivity contribution in [1.82, 2.24) is 0 Å². The molecule has 0 spiro atoms. The Balaban J connectivity index is 0.00000121. The molecule has 0 saturated carbocycles. The predicted octanol–water partition coefficient (Wildman–Crippen LogP) is -5.09. The van der Waals surface area contributed by atoms with Gasteiger partial charge in [0.1, 0.15) is 5.69 Å². The van der Waals surface area contributed by atoms with E-state index in [1.54, 1.807) is 0 Å². The number of nitrogens with zero attached hydrogens (tertiary/aromatic N) is 1. The summed E-state index contributed by atoms with van der Waals surface area (Å²) >= 11 is 6.17. The second-order valence-corrected chi connectivity index (χ2v) is 5.24. The average molecular weight is 357 g/mol. The van der Waals surface area contributed by atoms with Crippen LogP contribution in [0.15, 0.2) is 48.5 Å². The van der Waals surface area contributed by atoms with Gasteiger partial charge in [0, 0.05) is 10.6 Å². The number of benzene rings is 2. The van der Waals surface area contributed by atoms with E-state index in [2.05, 4.69) is 17.1 Å². The number of hydrogen-bond acceptors (Lipinski definition) is 1. The number of hydrogen-bond donors (Lipinski definition) is 2. The number of rotatable bonds is 1. The maximum absolute atomic E-state index is 6.17. The number of amidine groups is 1. The first-order chi connectivity index (χ1) is 9.66. The van der Waals surface area contributed by atoms with E-state index in [1.165, 1.54) is 0 Å². The normalized spacial score (nSPS) is 13.3. The monoisotopic (exact) mass is 355 g/mol. The van der Waals surface area contributed by atoms with Crippen molar-refractivity contribution in [2.24, 2.45) is 5.73 Å². The molecule has 2 aromatic carbocycles. The number of nitrogens with one attached hydrogen (secondary N) is 1. The zero-order valence-electron chi connectivity index (χ0n) is 12.0. The van der Waals surface area contributed by atoms with Crippen molar-refractivity contribution < 1.29 is 34.4 Å². The van der Waals surface area contributed by atoms with E-state index in [-0.39, 0.29) is 24.8 Å². The van der Waals surface area contributed by atoms with Gasteiger partial charge < -0.3 is 24.8 Å². The fourth-order valence-corrected chi connectivity index (χ4v) is 2.58. The number of halogens is 3. The van der Waals surface area contributed by atoms with E-state index < -0.39 is 0 Å². The van der Waals surface area contributed by atoms with Gasteiger partial charge in [-0.1, -0.05) is 29.8 Å². The van der Waals surface area contributed by atoms with Crippen LogP contribution in [0.25, 0.3) is 0 Å². The van der Waals surface area contributed by atoms with Crippen LogP contribution in [0, 0.1) is 0 Å². The smallest absolute Gasteiger partial charge is 0.314 e. The molecule has 0 radical (unpaired) electrons. The maximum atomic E-state index is 6.17. The Bertz CT molecular complexity index is 725. The third kappa shape index (κ3) is 3.43. The molecule has 116 valence electrons. The molecule has 3 rings (SSSR count). The highest BCUT2D eigenvalue weighted by atomic mass is 35.5. The Hall–Kier alpha value is -1.55. The van der Waals surface area contributed by atoms with Crippen molar-refractivity contribution in [2.45, 2.75) is 0 Å². The maximum Gasteiger partial charge on any atom is 0.314 e. The second-order valence-electron chi connectivity index (χ2n) is 4.81. The van der Waals surface area contributed by atoms with Gasteiger partial charge in [-0.05, 0) is 30.3 Å². The van der Waals surface area contributed by atoms with Crippen LogP contribution >= 0.6 is 11.6 Å². The Labute approximate surface area is 147 Å². The molecular formula is C16H16Cl3N3. The minimum absolute atomic E-state index is 0. The van der Waals surface area contributed by atoms with Crippen molar-refractivity contribution in [3.63, 3.8) is 0 Å². The van der Waals surface area contributed by atoms with Crippen LogP contribution in [-0.2, 0) is 0 Å². The van der Waals surface area contributed by atoms with Gasteiger partial charge in [-0.2, -0.15) is 0 Å². The van der Waals surface area contributed by atoms with Crippen LogP contribution in [0.3, 0.4) is 0 Å². The molecule has 3 nitrogen and oxygen atoms in total. The van der Waals surface area contributed by atoms with Gasteiger partial charge in [-0.25, -0.2) is 9.57 Å². The summed E-state index contributed by atoms with van der Waals surface area (Å²) in [5.41, 5.74) is 10.4. The summed E-state index contributed by atoms with van der Waals surface area (Å²) in [6.45, 7) is 0.604. The van der Waals surface area contributed by atoms with Crippen LogP contribution in [0.4, 0.5) is 5.69 Å². The minimum Gasteiger partial charge on any atom is -1.00 e. The van der Waals surface area contributed by atoms with Crippen LogP contribution in [0.1, 0.15) is 11.1 Å². The second kappa shape index (κ2) is 7.63. The first-order valence-corrected chi connectivity index (χ1v) is 6.86. The highest BCUT2D eigenvalue weighted by Crippen LogP contribution is 2.24. The standard InChI is InChI=1S/C16H14ClN3.2ClH/c1-20-14-8-7-12(17)9-13(14)16(19-10-15(20)18)11-5-3-2-4-6-11;;/h2-9,18H,10H2,1H3;2*1H. The zero-order valence-corrected chi connectivity index (χ0v) is 14.3. The van der Waals surface area contributed by atoms with Gasteiger partial charge in [0.05, 0.1) is 12.6 Å². The molecule has 0 atom stereocenters. The molecular weight excluding hydrogens is 341 g/mol. The van der Waals surface area contributed by atoms with Crippen LogP contribution in [-0.4, -0.2) is 29.7 Å². The third-order valence-electron chi connectivity index (χ3n) is 3.53. The molecule has 0 aliphatic carbocycles. The van der Waals surface area contributed by atoms with Gasteiger partial charge in [0.25, 0.3) is 0 Å². The molecule has 0 saturated heterocycles. The Morgan fingerprint density at radius 1 is 1.09 bits per heavy atom. The molecule has 6 heteroatoms. The Morgan fingerprint density at radius 2 is 1.77 bits per heavy atom. The molecule has 2 aromatic rings. The van der Waals surface area contributed by atoms with E-state index in [1.807, 2.05) is 48.0 Å². The van der Waals surface area contributed by atoms with Crippen molar-refractivity contribution in [1.29, 1.82) is 0 Å². The summed E-state index contributed by atoms with van der Waals surface area (Å²) in [6, 6.07) is 16.1. The lowest BCUT2D eigenvalue weighted by atomic mass is 10.0. The first kappa shape index (κ1) is 18.5. The molecule has 0 unspecified atom stereocenters. The van der Waals surface area contributed by atoms with E-state index in [0.717, 1.165) is 28.4 Å². The molecule has 0 aromatic heterocycles. The molecule has 3 N–H and O–H groups in total. The van der Waals surface area contributed by atoms with Gasteiger partial charge in [0.2, 0.25) is 12.3 Å². The lowest BCUT2D eigenvalue weighted by molar-refractivity contribution is -0.458. The quantitative estimate of drug-likeness (QED) is 0.494. The predicted molar refractivity (Wildman–Crippen MR) is 82.0 cm³/mol. The molecule has 1 aliphatic heterocycles. The lowest BCUT2D eigenvalue weighted by Gasteiger charge is -2.06. The SMILES string of the molecule is C[N+]1=C(N)C[NH+]=C(c2ccccc2)c2cc(Cl)ccc21.[Cl-].[Cl-]. The van der Waals surface area contributed by atoms with Gasteiger partial charge >= 0.3 is 5.84 Å². The number of fused-ring (bicyclic) bond motifs is 1. The summed E-state index contributed by atoms with van der Waals surface area (Å²) in [7, 11) is 1.97. The van der Waals surface area contributed by atoms with E-state index >= 15 is 0 Å². The van der Waals surface area contributed by atoms with Gasteiger partial charge in [0.15, 0.2) is 0 Å². The van der Waals surface area contributed by atoms with Crippen molar-refractivity contribution in [2.75, 3.05) is 13.6 Å². The molecule has 1 heterocycles. The zero-order chi connectivity index (χ0) is 14.1. The summed E-state index contributed by atoms with van der Waals surface area (Å²) < 4.78 is 1.99. The largest absolute Gasteiger partial charge is 1.00 e. The summed E-state index contributed by atoms with van der Waals surface area (Å²) in [6.07, 6.45) is 0. The van der Waals surface area contributed by atoms with E-state index in [4.69, 9.17) is 17.3 Å². The van der Waals surface area contributed by atoms with Crippen LogP contribution < -0.4 is 35.5 Å². The number of nitrogens with two attached hydrogens (primary N) is 1.